The van der Waals surface area contributed by atoms with Crippen molar-refractivity contribution < 1.29 is 22.0 Å². The minimum Gasteiger partial charge on any atom is -0.350 e. The maximum atomic E-state index is 13.8. The monoisotopic (exact) mass is 358 g/mol. The molecule has 0 aromatic carbocycles. The molecule has 3 fully saturated rings. The van der Waals surface area contributed by atoms with E-state index in [0.29, 0.717) is 18.7 Å². The molecule has 2 aliphatic heterocycles. The molecule has 3 aliphatic rings. The fraction of sp³-hybridized carbons (Fsp3) is 0.625. The van der Waals surface area contributed by atoms with Crippen molar-refractivity contribution >= 4 is 11.5 Å². The number of alkyl halides is 5. The summed E-state index contributed by atoms with van der Waals surface area (Å²) in [4.78, 5) is 5.76. The third-order valence-electron chi connectivity index (χ3n) is 6.04. The number of piperidine rings is 1. The Morgan fingerprint density at radius 3 is 2.28 bits per heavy atom. The van der Waals surface area contributed by atoms with Gasteiger partial charge in [0.2, 0.25) is 0 Å². The predicted molar refractivity (Wildman–Crippen MR) is 78.5 cm³/mol. The Balaban J connectivity index is 1.59. The van der Waals surface area contributed by atoms with Crippen molar-refractivity contribution in [1.82, 2.24) is 14.6 Å². The van der Waals surface area contributed by atoms with Crippen molar-refractivity contribution in [3.05, 3.63) is 24.0 Å². The quantitative estimate of drug-likeness (QED) is 0.725. The summed E-state index contributed by atoms with van der Waals surface area (Å²) in [7, 11) is 0. The Morgan fingerprint density at radius 2 is 1.72 bits per heavy atom. The van der Waals surface area contributed by atoms with E-state index in [9.17, 15) is 22.0 Å². The fourth-order valence-electron chi connectivity index (χ4n) is 4.80. The van der Waals surface area contributed by atoms with Gasteiger partial charge in [-0.25, -0.2) is 13.8 Å². The molecule has 4 heterocycles. The number of aromatic nitrogens is 3. The van der Waals surface area contributed by atoms with Crippen LogP contribution in [0.5, 0.6) is 0 Å². The molecule has 0 amide bonds. The molecular formula is C16H15F5N4. The van der Waals surface area contributed by atoms with Gasteiger partial charge in [0.05, 0.1) is 5.56 Å². The molecule has 2 aromatic heterocycles. The normalized spacial score (nSPS) is 33.4. The predicted octanol–water partition coefficient (Wildman–Crippen LogP) is 3.90. The Labute approximate surface area is 139 Å². The minimum atomic E-state index is -4.50. The van der Waals surface area contributed by atoms with E-state index in [0.717, 1.165) is 25.0 Å². The van der Waals surface area contributed by atoms with E-state index in [1.807, 2.05) is 4.90 Å². The third kappa shape index (κ3) is 2.04. The summed E-state index contributed by atoms with van der Waals surface area (Å²) in [6.07, 6.45) is -1.30. The Morgan fingerprint density at radius 1 is 1.08 bits per heavy atom. The zero-order valence-electron chi connectivity index (χ0n) is 13.1. The molecule has 5 rings (SSSR count). The second-order valence-corrected chi connectivity index (χ2v) is 7.49. The molecule has 25 heavy (non-hydrogen) atoms. The average Bonchev–Trinajstić information content (AvgIpc) is 2.86. The van der Waals surface area contributed by atoms with Crippen LogP contribution in [0.2, 0.25) is 0 Å². The molecule has 1 aliphatic carbocycles. The van der Waals surface area contributed by atoms with Gasteiger partial charge in [0.15, 0.2) is 5.65 Å². The van der Waals surface area contributed by atoms with Crippen molar-refractivity contribution in [3.63, 3.8) is 0 Å². The molecule has 1 spiro atoms. The Bertz CT molecular complexity index is 844. The zero-order valence-corrected chi connectivity index (χ0v) is 13.1. The average molecular weight is 358 g/mol. The van der Waals surface area contributed by atoms with Crippen molar-refractivity contribution in [1.29, 1.82) is 0 Å². The van der Waals surface area contributed by atoms with Crippen LogP contribution in [0.4, 0.5) is 27.8 Å². The van der Waals surface area contributed by atoms with Crippen molar-refractivity contribution in [2.24, 2.45) is 5.41 Å². The van der Waals surface area contributed by atoms with Crippen LogP contribution in [0.3, 0.4) is 0 Å². The van der Waals surface area contributed by atoms with Crippen LogP contribution in [-0.4, -0.2) is 32.6 Å². The molecule has 0 N–H and O–H groups in total. The van der Waals surface area contributed by atoms with Crippen LogP contribution in [0, 0.1) is 5.41 Å². The number of nitrogens with zero attached hydrogens (tertiary/aromatic N) is 4. The number of halogens is 5. The van der Waals surface area contributed by atoms with E-state index in [1.165, 1.54) is 10.8 Å². The van der Waals surface area contributed by atoms with Gasteiger partial charge in [-0.3, -0.25) is 0 Å². The molecule has 0 radical (unpaired) electrons. The van der Waals surface area contributed by atoms with Crippen LogP contribution in [0.15, 0.2) is 18.5 Å². The van der Waals surface area contributed by atoms with E-state index in [2.05, 4.69) is 10.1 Å². The van der Waals surface area contributed by atoms with Gasteiger partial charge in [0.25, 0.3) is 5.92 Å². The van der Waals surface area contributed by atoms with Gasteiger partial charge in [-0.1, -0.05) is 0 Å². The summed E-state index contributed by atoms with van der Waals surface area (Å²) in [6, 6.07) is 1.67. The van der Waals surface area contributed by atoms with Crippen molar-refractivity contribution in [3.8, 4) is 0 Å². The third-order valence-corrected chi connectivity index (χ3v) is 6.04. The maximum absolute atomic E-state index is 13.8. The van der Waals surface area contributed by atoms with Gasteiger partial charge >= 0.3 is 6.18 Å². The van der Waals surface area contributed by atoms with Gasteiger partial charge in [0, 0.05) is 23.9 Å². The summed E-state index contributed by atoms with van der Waals surface area (Å²) in [5.41, 5.74) is -1.63. The van der Waals surface area contributed by atoms with Gasteiger partial charge in [0.1, 0.15) is 12.1 Å². The summed E-state index contributed by atoms with van der Waals surface area (Å²) >= 11 is 0. The zero-order chi connectivity index (χ0) is 17.6. The minimum absolute atomic E-state index is 0.0951. The molecule has 1 saturated carbocycles. The van der Waals surface area contributed by atoms with Gasteiger partial charge in [-0.15, -0.1) is 0 Å². The van der Waals surface area contributed by atoms with Gasteiger partial charge in [-0.05, 0) is 37.8 Å². The summed E-state index contributed by atoms with van der Waals surface area (Å²) in [5.74, 6) is -2.33. The van der Waals surface area contributed by atoms with Crippen LogP contribution >= 0.6 is 0 Å². The number of hydrogen-bond acceptors (Lipinski definition) is 3. The smallest absolute Gasteiger partial charge is 0.350 e. The van der Waals surface area contributed by atoms with E-state index >= 15 is 0 Å². The van der Waals surface area contributed by atoms with E-state index in [-0.39, 0.29) is 24.2 Å². The lowest BCUT2D eigenvalue weighted by atomic mass is 9.87. The largest absolute Gasteiger partial charge is 0.416 e. The molecule has 134 valence electrons. The number of hydrogen-bond donors (Lipinski definition) is 0. The van der Waals surface area contributed by atoms with E-state index < -0.39 is 23.1 Å². The number of rotatable bonds is 1. The molecule has 9 heteroatoms. The summed E-state index contributed by atoms with van der Waals surface area (Å²) in [6.45, 7) is 0. The number of fused-ring (bicyclic) bond motifs is 3. The lowest BCUT2D eigenvalue weighted by Crippen LogP contribution is -2.46. The molecule has 2 atom stereocenters. The Kier molecular flexibility index (Phi) is 2.71. The first kappa shape index (κ1) is 15.3. The van der Waals surface area contributed by atoms with Crippen LogP contribution in [-0.2, 0) is 6.18 Å². The van der Waals surface area contributed by atoms with E-state index in [4.69, 9.17) is 0 Å². The molecule has 2 bridgehead atoms. The first-order chi connectivity index (χ1) is 11.7. The maximum Gasteiger partial charge on any atom is 0.416 e. The van der Waals surface area contributed by atoms with Gasteiger partial charge < -0.3 is 4.90 Å². The summed E-state index contributed by atoms with van der Waals surface area (Å²) in [5, 5.41) is 4.04. The van der Waals surface area contributed by atoms with E-state index in [1.54, 1.807) is 0 Å². The molecule has 2 aromatic rings. The second-order valence-electron chi connectivity index (χ2n) is 7.49. The fourth-order valence-corrected chi connectivity index (χ4v) is 4.80. The lowest BCUT2D eigenvalue weighted by molar-refractivity contribution is -0.137. The first-order valence-corrected chi connectivity index (χ1v) is 8.27. The topological polar surface area (TPSA) is 33.4 Å². The second kappa shape index (κ2) is 4.42. The highest BCUT2D eigenvalue weighted by Crippen LogP contribution is 2.69. The van der Waals surface area contributed by atoms with Crippen molar-refractivity contribution in [2.45, 2.75) is 56.3 Å². The van der Waals surface area contributed by atoms with Crippen LogP contribution < -0.4 is 4.90 Å². The standard InChI is InChI=1S/C16H15F5N4/c17-15(18)7-14(15)5-10-1-2-11(6-14)24(10)13-4-9(16(19,20)21)3-12-22-8-23-25(12)13/h3-4,8,10-11H,1-2,5-7H2. The number of pyridine rings is 1. The highest BCUT2D eigenvalue weighted by Gasteiger charge is 2.74. The van der Waals surface area contributed by atoms with Gasteiger partial charge in [-0.2, -0.15) is 22.8 Å². The summed E-state index contributed by atoms with van der Waals surface area (Å²) < 4.78 is 68.7. The Hall–Kier alpha value is -1.93. The molecule has 4 nitrogen and oxygen atoms in total. The van der Waals surface area contributed by atoms with Crippen LogP contribution in [0.25, 0.3) is 5.65 Å². The number of anilines is 1. The molecular weight excluding hydrogens is 343 g/mol. The highest BCUT2D eigenvalue weighted by atomic mass is 19.4. The SMILES string of the molecule is FC(F)(F)c1cc(N2C3CCC2CC2(C3)CC2(F)F)n2ncnc2c1. The van der Waals surface area contributed by atoms with Crippen LogP contribution in [0.1, 0.15) is 37.7 Å². The lowest BCUT2D eigenvalue weighted by Gasteiger charge is -2.41. The highest BCUT2D eigenvalue weighted by molar-refractivity contribution is 5.56. The molecule has 2 unspecified atom stereocenters. The van der Waals surface area contributed by atoms with Crippen molar-refractivity contribution in [2.75, 3.05) is 4.90 Å². The first-order valence-electron chi connectivity index (χ1n) is 8.27. The molecule has 2 saturated heterocycles.